The number of aliphatic hydroxyl groups is 2. The predicted octanol–water partition coefficient (Wildman–Crippen LogP) is 4.93. The maximum atomic E-state index is 9.71. The first-order valence-electron chi connectivity index (χ1n) is 9.29. The third-order valence-electron chi connectivity index (χ3n) is 4.48. The fourth-order valence-electron chi connectivity index (χ4n) is 2.89. The van der Waals surface area contributed by atoms with E-state index in [1.807, 2.05) is 32.1 Å². The summed E-state index contributed by atoms with van der Waals surface area (Å²) in [5.41, 5.74) is 3.38. The van der Waals surface area contributed by atoms with Gasteiger partial charge in [0.25, 0.3) is 0 Å². The molecule has 0 amide bonds. The monoisotopic (exact) mass is 354 g/mol. The average molecular weight is 354 g/mol. The highest BCUT2D eigenvalue weighted by atomic mass is 16.3. The van der Waals surface area contributed by atoms with E-state index in [4.69, 9.17) is 0 Å². The van der Waals surface area contributed by atoms with Gasteiger partial charge >= 0.3 is 0 Å². The number of benzene rings is 2. The molecule has 0 radical (unpaired) electrons. The van der Waals surface area contributed by atoms with Crippen molar-refractivity contribution in [2.75, 3.05) is 0 Å². The maximum Gasteiger partial charge on any atom is 0.121 e. The number of rotatable bonds is 9. The van der Waals surface area contributed by atoms with E-state index < -0.39 is 5.60 Å². The van der Waals surface area contributed by atoms with E-state index in [1.54, 1.807) is 12.1 Å². The van der Waals surface area contributed by atoms with E-state index in [-0.39, 0.29) is 12.4 Å². The van der Waals surface area contributed by atoms with Gasteiger partial charge in [0.05, 0.1) is 12.2 Å². The second kappa shape index (κ2) is 9.56. The van der Waals surface area contributed by atoms with Gasteiger partial charge in [0.15, 0.2) is 0 Å². The lowest BCUT2D eigenvalue weighted by molar-refractivity contribution is 0.0681. The number of unbranched alkanes of at least 4 members (excludes halogenated alkanes) is 2. The molecule has 0 saturated heterocycles. The highest BCUT2D eigenvalue weighted by Crippen LogP contribution is 2.20. The molecule has 0 atom stereocenters. The van der Waals surface area contributed by atoms with Crippen LogP contribution >= 0.6 is 0 Å². The Morgan fingerprint density at radius 2 is 1.54 bits per heavy atom. The summed E-state index contributed by atoms with van der Waals surface area (Å²) in [6.45, 7) is 3.56. The van der Waals surface area contributed by atoms with Gasteiger partial charge < -0.3 is 15.3 Å². The fourth-order valence-corrected chi connectivity index (χ4v) is 2.89. The quantitative estimate of drug-likeness (QED) is 0.442. The summed E-state index contributed by atoms with van der Waals surface area (Å²) in [6.07, 6.45) is 9.26. The molecule has 26 heavy (non-hydrogen) atoms. The zero-order valence-corrected chi connectivity index (χ0v) is 15.8. The Hall–Kier alpha value is -2.10. The Labute approximate surface area is 156 Å². The van der Waals surface area contributed by atoms with Gasteiger partial charge in [-0.1, -0.05) is 55.3 Å². The van der Waals surface area contributed by atoms with E-state index >= 15 is 0 Å². The average Bonchev–Trinajstić information content (AvgIpc) is 2.61. The van der Waals surface area contributed by atoms with Crippen molar-refractivity contribution in [3.8, 4) is 5.75 Å². The number of aryl methyl sites for hydroxylation is 1. The van der Waals surface area contributed by atoms with Crippen molar-refractivity contribution in [3.05, 3.63) is 64.7 Å². The number of phenols is 1. The van der Waals surface area contributed by atoms with E-state index in [2.05, 4.69) is 24.3 Å². The zero-order valence-electron chi connectivity index (χ0n) is 15.8. The van der Waals surface area contributed by atoms with Crippen molar-refractivity contribution in [1.29, 1.82) is 0 Å². The summed E-state index contributed by atoms with van der Waals surface area (Å²) in [5.74, 6) is 0.122. The van der Waals surface area contributed by atoms with Gasteiger partial charge in [0.1, 0.15) is 5.75 Å². The van der Waals surface area contributed by atoms with Crippen LogP contribution in [0.5, 0.6) is 5.75 Å². The molecule has 140 valence electrons. The van der Waals surface area contributed by atoms with Crippen LogP contribution in [-0.4, -0.2) is 20.9 Å². The van der Waals surface area contributed by atoms with Crippen molar-refractivity contribution >= 4 is 12.2 Å². The second-order valence-electron chi connectivity index (χ2n) is 7.49. The lowest BCUT2D eigenvalue weighted by Gasteiger charge is -2.16. The first-order valence-corrected chi connectivity index (χ1v) is 9.29. The minimum atomic E-state index is -0.552. The number of hydrogen-bond donors (Lipinski definition) is 3. The normalized spacial score (nSPS) is 12.0. The Bertz CT molecular complexity index is 709. The molecular weight excluding hydrogens is 324 g/mol. The SMILES string of the molecule is CC(C)(O)CCCCCc1ccc(/C=C/c2ccc(O)c(CO)c2)cc1. The standard InChI is InChI=1S/C23H30O3/c1-23(2,26)15-5-3-4-6-18-7-9-19(10-8-18)11-12-20-13-14-22(25)21(16-20)17-24/h7-14,16,24-26H,3-6,15,17H2,1-2H3/b12-11+. The topological polar surface area (TPSA) is 60.7 Å². The third-order valence-corrected chi connectivity index (χ3v) is 4.48. The van der Waals surface area contributed by atoms with Crippen LogP contribution in [0.1, 0.15) is 61.8 Å². The molecule has 0 heterocycles. The lowest BCUT2D eigenvalue weighted by Crippen LogP contribution is -2.17. The van der Waals surface area contributed by atoms with Gasteiger partial charge in [0, 0.05) is 5.56 Å². The summed E-state index contributed by atoms with van der Waals surface area (Å²) in [6, 6.07) is 13.7. The van der Waals surface area contributed by atoms with Crippen molar-refractivity contribution in [3.63, 3.8) is 0 Å². The van der Waals surface area contributed by atoms with Crippen molar-refractivity contribution in [2.45, 2.75) is 58.2 Å². The van der Waals surface area contributed by atoms with Gasteiger partial charge in [-0.3, -0.25) is 0 Å². The molecule has 0 aliphatic heterocycles. The number of aromatic hydroxyl groups is 1. The van der Waals surface area contributed by atoms with E-state index in [1.165, 1.54) is 5.56 Å². The van der Waals surface area contributed by atoms with Gasteiger partial charge in [0.2, 0.25) is 0 Å². The molecule has 0 aromatic heterocycles. The lowest BCUT2D eigenvalue weighted by atomic mass is 9.99. The van der Waals surface area contributed by atoms with E-state index in [0.717, 1.165) is 43.2 Å². The van der Waals surface area contributed by atoms with E-state index in [0.29, 0.717) is 5.56 Å². The van der Waals surface area contributed by atoms with Crippen LogP contribution in [-0.2, 0) is 13.0 Å². The summed E-state index contributed by atoms with van der Waals surface area (Å²) < 4.78 is 0. The zero-order chi connectivity index (χ0) is 19.0. The van der Waals surface area contributed by atoms with E-state index in [9.17, 15) is 15.3 Å². The molecule has 3 heteroatoms. The molecular formula is C23H30O3. The van der Waals surface area contributed by atoms with Crippen molar-refractivity contribution < 1.29 is 15.3 Å². The van der Waals surface area contributed by atoms with Crippen LogP contribution in [0.3, 0.4) is 0 Å². The summed E-state index contributed by atoms with van der Waals surface area (Å²) in [4.78, 5) is 0. The Morgan fingerprint density at radius 1 is 0.885 bits per heavy atom. The third kappa shape index (κ3) is 7.03. The molecule has 2 rings (SSSR count). The molecule has 2 aromatic carbocycles. The molecule has 0 saturated carbocycles. The summed E-state index contributed by atoms with van der Waals surface area (Å²) >= 11 is 0. The highest BCUT2D eigenvalue weighted by molar-refractivity contribution is 5.70. The minimum absolute atomic E-state index is 0.122. The molecule has 0 aliphatic rings. The molecule has 3 nitrogen and oxygen atoms in total. The number of aliphatic hydroxyl groups excluding tert-OH is 1. The largest absolute Gasteiger partial charge is 0.508 e. The van der Waals surface area contributed by atoms with Crippen LogP contribution in [0.2, 0.25) is 0 Å². The first-order chi connectivity index (χ1) is 12.4. The maximum absolute atomic E-state index is 9.71. The van der Waals surface area contributed by atoms with Crippen LogP contribution in [0.4, 0.5) is 0 Å². The molecule has 0 unspecified atom stereocenters. The summed E-state index contributed by atoms with van der Waals surface area (Å²) in [5, 5.41) is 28.5. The van der Waals surface area contributed by atoms with Crippen LogP contribution in [0, 0.1) is 0 Å². The highest BCUT2D eigenvalue weighted by Gasteiger charge is 2.10. The van der Waals surface area contributed by atoms with Crippen LogP contribution in [0.25, 0.3) is 12.2 Å². The molecule has 0 bridgehead atoms. The number of hydrogen-bond acceptors (Lipinski definition) is 3. The van der Waals surface area contributed by atoms with Crippen LogP contribution < -0.4 is 0 Å². The first kappa shape index (κ1) is 20.2. The van der Waals surface area contributed by atoms with Gasteiger partial charge in [-0.2, -0.15) is 0 Å². The van der Waals surface area contributed by atoms with Gasteiger partial charge in [-0.15, -0.1) is 0 Å². The van der Waals surface area contributed by atoms with Crippen molar-refractivity contribution in [1.82, 2.24) is 0 Å². The summed E-state index contributed by atoms with van der Waals surface area (Å²) in [7, 11) is 0. The molecule has 0 spiro atoms. The van der Waals surface area contributed by atoms with Crippen LogP contribution in [0.15, 0.2) is 42.5 Å². The van der Waals surface area contributed by atoms with Gasteiger partial charge in [-0.05, 0) is 61.9 Å². The Balaban J connectivity index is 1.83. The Kier molecular flexibility index (Phi) is 7.43. The smallest absolute Gasteiger partial charge is 0.121 e. The molecule has 0 aliphatic carbocycles. The molecule has 2 aromatic rings. The van der Waals surface area contributed by atoms with Crippen molar-refractivity contribution in [2.24, 2.45) is 0 Å². The van der Waals surface area contributed by atoms with Gasteiger partial charge in [-0.25, -0.2) is 0 Å². The minimum Gasteiger partial charge on any atom is -0.508 e. The predicted molar refractivity (Wildman–Crippen MR) is 108 cm³/mol. The molecule has 3 N–H and O–H groups in total. The second-order valence-corrected chi connectivity index (χ2v) is 7.49. The molecule has 0 fully saturated rings. The fraction of sp³-hybridized carbons (Fsp3) is 0.391. The Morgan fingerprint density at radius 3 is 2.19 bits per heavy atom.